The van der Waals surface area contributed by atoms with Crippen LogP contribution < -0.4 is 0 Å². The molecule has 0 aliphatic carbocycles. The van der Waals surface area contributed by atoms with Gasteiger partial charge in [-0.2, -0.15) is 0 Å². The van der Waals surface area contributed by atoms with Gasteiger partial charge in [0, 0.05) is 17.0 Å². The average Bonchev–Trinajstić information content (AvgIpc) is 3.07. The minimum atomic E-state index is -1.21. The Balaban J connectivity index is 1.56. The van der Waals surface area contributed by atoms with Crippen LogP contribution in [0, 0.1) is 0 Å². The van der Waals surface area contributed by atoms with Crippen LogP contribution in [-0.2, 0) is 16.0 Å². The number of imide groups is 1. The number of esters is 1. The van der Waals surface area contributed by atoms with Gasteiger partial charge in [-0.3, -0.25) is 19.3 Å². The summed E-state index contributed by atoms with van der Waals surface area (Å²) in [5, 5.41) is 0.479. The van der Waals surface area contributed by atoms with Crippen LogP contribution in [0.5, 0.6) is 0 Å². The lowest BCUT2D eigenvalue weighted by atomic mass is 10.0. The SMILES string of the molecule is O=C(COC(=O)[C@@H](Cc1ccccc1)N1C(=O)c2ccccc2C1=O)c1ccc(Cl)cc1. The zero-order chi connectivity index (χ0) is 22.7. The van der Waals surface area contributed by atoms with Crippen molar-refractivity contribution in [1.82, 2.24) is 4.90 Å². The Labute approximate surface area is 189 Å². The summed E-state index contributed by atoms with van der Waals surface area (Å²) >= 11 is 5.83. The standard InChI is InChI=1S/C25H18ClNO5/c26-18-12-10-17(11-13-18)22(28)15-32-25(31)21(14-16-6-2-1-3-7-16)27-23(29)19-8-4-5-9-20(19)24(27)30/h1-13,21H,14-15H2/t21-/m1/s1. The quantitative estimate of drug-likeness (QED) is 0.311. The smallest absolute Gasteiger partial charge is 0.330 e. The number of carbonyl (C=O) groups excluding carboxylic acids is 4. The number of hydrogen-bond donors (Lipinski definition) is 0. The highest BCUT2D eigenvalue weighted by molar-refractivity contribution is 6.30. The zero-order valence-electron chi connectivity index (χ0n) is 16.9. The lowest BCUT2D eigenvalue weighted by molar-refractivity contribution is -0.147. The molecular formula is C25H18ClNO5. The van der Waals surface area contributed by atoms with Gasteiger partial charge in [-0.05, 0) is 42.0 Å². The summed E-state index contributed by atoms with van der Waals surface area (Å²) in [5.74, 6) is -2.37. The molecule has 160 valence electrons. The molecule has 0 aromatic heterocycles. The highest BCUT2D eigenvalue weighted by atomic mass is 35.5. The Hall–Kier alpha value is -3.77. The largest absolute Gasteiger partial charge is 0.456 e. The predicted molar refractivity (Wildman–Crippen MR) is 118 cm³/mol. The van der Waals surface area contributed by atoms with E-state index in [1.54, 1.807) is 60.7 Å². The number of Topliss-reactive ketones (excluding diaryl/α,β-unsaturated/α-hetero) is 1. The van der Waals surface area contributed by atoms with Gasteiger partial charge in [0.2, 0.25) is 0 Å². The van der Waals surface area contributed by atoms with Gasteiger partial charge in [0.25, 0.3) is 11.8 Å². The van der Waals surface area contributed by atoms with Crippen LogP contribution in [0.25, 0.3) is 0 Å². The van der Waals surface area contributed by atoms with E-state index in [-0.39, 0.29) is 17.5 Å². The number of hydrogen-bond acceptors (Lipinski definition) is 5. The van der Waals surface area contributed by atoms with Crippen LogP contribution in [0.1, 0.15) is 36.6 Å². The zero-order valence-corrected chi connectivity index (χ0v) is 17.6. The summed E-state index contributed by atoms with van der Waals surface area (Å²) in [5.41, 5.74) is 1.55. The minimum Gasteiger partial charge on any atom is -0.456 e. The van der Waals surface area contributed by atoms with Crippen LogP contribution in [0.15, 0.2) is 78.9 Å². The molecule has 0 radical (unpaired) electrons. The van der Waals surface area contributed by atoms with Gasteiger partial charge in [0.05, 0.1) is 11.1 Å². The molecule has 0 saturated carbocycles. The molecule has 0 bridgehead atoms. The van der Waals surface area contributed by atoms with Crippen molar-refractivity contribution in [3.05, 3.63) is 106 Å². The Morgan fingerprint density at radius 1 is 0.812 bits per heavy atom. The van der Waals surface area contributed by atoms with Crippen molar-refractivity contribution < 1.29 is 23.9 Å². The number of ether oxygens (including phenoxy) is 1. The fourth-order valence-corrected chi connectivity index (χ4v) is 3.69. The highest BCUT2D eigenvalue weighted by Gasteiger charge is 2.43. The van der Waals surface area contributed by atoms with E-state index in [4.69, 9.17) is 16.3 Å². The maximum absolute atomic E-state index is 13.0. The first kappa shape index (κ1) is 21.5. The van der Waals surface area contributed by atoms with Gasteiger partial charge in [-0.25, -0.2) is 4.79 Å². The van der Waals surface area contributed by atoms with Gasteiger partial charge in [0.15, 0.2) is 12.4 Å². The number of amides is 2. The molecule has 4 rings (SSSR count). The molecule has 3 aromatic carbocycles. The van der Waals surface area contributed by atoms with Crippen LogP contribution in [0.4, 0.5) is 0 Å². The first-order valence-electron chi connectivity index (χ1n) is 9.92. The fraction of sp³-hybridized carbons (Fsp3) is 0.120. The van der Waals surface area contributed by atoms with E-state index in [0.717, 1.165) is 10.5 Å². The lowest BCUT2D eigenvalue weighted by Crippen LogP contribution is -2.47. The number of halogens is 1. The number of rotatable bonds is 7. The van der Waals surface area contributed by atoms with Crippen LogP contribution in [-0.4, -0.2) is 41.1 Å². The van der Waals surface area contributed by atoms with Crippen molar-refractivity contribution in [3.63, 3.8) is 0 Å². The van der Waals surface area contributed by atoms with Gasteiger partial charge in [0.1, 0.15) is 6.04 Å². The highest BCUT2D eigenvalue weighted by Crippen LogP contribution is 2.26. The maximum atomic E-state index is 13.0. The van der Waals surface area contributed by atoms with Gasteiger partial charge >= 0.3 is 5.97 Å². The monoisotopic (exact) mass is 447 g/mol. The number of nitrogens with zero attached hydrogens (tertiary/aromatic N) is 1. The van der Waals surface area contributed by atoms with E-state index < -0.39 is 36.2 Å². The lowest BCUT2D eigenvalue weighted by Gasteiger charge is -2.24. The summed E-state index contributed by atoms with van der Waals surface area (Å²) in [6.45, 7) is -0.519. The molecule has 1 aliphatic heterocycles. The second kappa shape index (κ2) is 9.16. The molecule has 1 heterocycles. The molecule has 0 fully saturated rings. The second-order valence-corrected chi connectivity index (χ2v) is 7.71. The van der Waals surface area contributed by atoms with Crippen molar-refractivity contribution >= 4 is 35.2 Å². The Bertz CT molecular complexity index is 1160. The summed E-state index contributed by atoms with van der Waals surface area (Å²) in [7, 11) is 0. The first-order valence-corrected chi connectivity index (χ1v) is 10.3. The molecule has 0 unspecified atom stereocenters. The van der Waals surface area contributed by atoms with Crippen molar-refractivity contribution in [2.45, 2.75) is 12.5 Å². The van der Waals surface area contributed by atoms with Gasteiger partial charge in [-0.1, -0.05) is 54.1 Å². The number of fused-ring (bicyclic) bond motifs is 1. The molecule has 7 heteroatoms. The number of carbonyl (C=O) groups is 4. The summed E-state index contributed by atoms with van der Waals surface area (Å²) < 4.78 is 5.26. The summed E-state index contributed by atoms with van der Waals surface area (Å²) in [4.78, 5) is 52.3. The molecule has 0 spiro atoms. The molecule has 0 saturated heterocycles. The maximum Gasteiger partial charge on any atom is 0.330 e. The first-order chi connectivity index (χ1) is 15.5. The predicted octanol–water partition coefficient (Wildman–Crippen LogP) is 3.97. The Kier molecular flexibility index (Phi) is 6.14. The summed E-state index contributed by atoms with van der Waals surface area (Å²) in [6.07, 6.45) is 0.0697. The second-order valence-electron chi connectivity index (χ2n) is 7.27. The molecule has 1 atom stereocenters. The third-order valence-electron chi connectivity index (χ3n) is 5.19. The van der Waals surface area contributed by atoms with Crippen molar-refractivity contribution in [2.24, 2.45) is 0 Å². The number of ketones is 1. The van der Waals surface area contributed by atoms with Crippen LogP contribution in [0.2, 0.25) is 5.02 Å². The van der Waals surface area contributed by atoms with E-state index >= 15 is 0 Å². The third-order valence-corrected chi connectivity index (χ3v) is 5.44. The van der Waals surface area contributed by atoms with E-state index in [1.807, 2.05) is 6.07 Å². The Morgan fingerprint density at radius 2 is 1.38 bits per heavy atom. The van der Waals surface area contributed by atoms with E-state index in [2.05, 4.69) is 0 Å². The molecule has 6 nitrogen and oxygen atoms in total. The average molecular weight is 448 g/mol. The van der Waals surface area contributed by atoms with Crippen molar-refractivity contribution in [2.75, 3.05) is 6.61 Å². The normalized spacial score (nSPS) is 13.6. The molecular weight excluding hydrogens is 430 g/mol. The van der Waals surface area contributed by atoms with Crippen LogP contribution in [0.3, 0.4) is 0 Å². The van der Waals surface area contributed by atoms with Gasteiger partial charge < -0.3 is 4.74 Å². The minimum absolute atomic E-state index is 0.0697. The topological polar surface area (TPSA) is 80.8 Å². The number of benzene rings is 3. The molecule has 32 heavy (non-hydrogen) atoms. The molecule has 2 amide bonds. The molecule has 3 aromatic rings. The van der Waals surface area contributed by atoms with Crippen molar-refractivity contribution in [3.8, 4) is 0 Å². The molecule has 1 aliphatic rings. The van der Waals surface area contributed by atoms with E-state index in [9.17, 15) is 19.2 Å². The fourth-order valence-electron chi connectivity index (χ4n) is 3.56. The Morgan fingerprint density at radius 3 is 1.97 bits per heavy atom. The molecule has 0 N–H and O–H groups in total. The summed E-state index contributed by atoms with van der Waals surface area (Å²) in [6, 6.07) is 20.4. The third kappa shape index (κ3) is 4.31. The van der Waals surface area contributed by atoms with Crippen molar-refractivity contribution in [1.29, 1.82) is 0 Å². The van der Waals surface area contributed by atoms with E-state index in [1.165, 1.54) is 12.1 Å². The van der Waals surface area contributed by atoms with Gasteiger partial charge in [-0.15, -0.1) is 0 Å². The van der Waals surface area contributed by atoms with E-state index in [0.29, 0.717) is 10.6 Å². The van der Waals surface area contributed by atoms with Crippen LogP contribution >= 0.6 is 11.6 Å².